The summed E-state index contributed by atoms with van der Waals surface area (Å²) in [7, 11) is 0. The van der Waals surface area contributed by atoms with E-state index in [0.717, 1.165) is 36.1 Å². The molecule has 3 aromatic rings. The summed E-state index contributed by atoms with van der Waals surface area (Å²) in [5.41, 5.74) is 4.81. The average molecular weight is 539 g/mol. The van der Waals surface area contributed by atoms with E-state index in [1.54, 1.807) is 31.2 Å². The monoisotopic (exact) mass is 538 g/mol. The molecule has 2 N–H and O–H groups in total. The van der Waals surface area contributed by atoms with E-state index in [9.17, 15) is 9.59 Å². The van der Waals surface area contributed by atoms with Crippen molar-refractivity contribution in [3.8, 4) is 5.75 Å². The van der Waals surface area contributed by atoms with Crippen molar-refractivity contribution >= 4 is 45.4 Å². The highest BCUT2D eigenvalue weighted by atomic mass is 35.5. The number of thiophene rings is 1. The molecular weight excluding hydrogens is 504 g/mol. The van der Waals surface area contributed by atoms with Crippen LogP contribution in [-0.4, -0.2) is 17.9 Å². The maximum atomic E-state index is 13.6. The van der Waals surface area contributed by atoms with Crippen LogP contribution in [0.15, 0.2) is 42.5 Å². The van der Waals surface area contributed by atoms with Crippen LogP contribution >= 0.6 is 22.9 Å². The Bertz CT molecular complexity index is 1310. The summed E-state index contributed by atoms with van der Waals surface area (Å²) >= 11 is 7.47. The quantitative estimate of drug-likeness (QED) is 0.336. The lowest BCUT2D eigenvalue weighted by Gasteiger charge is -2.33. The third-order valence-electron chi connectivity index (χ3n) is 7.21. The second kappa shape index (κ2) is 10.9. The number of halogens is 1. The van der Waals surface area contributed by atoms with E-state index < -0.39 is 6.10 Å². The van der Waals surface area contributed by atoms with Gasteiger partial charge in [0.1, 0.15) is 10.8 Å². The molecule has 2 unspecified atom stereocenters. The van der Waals surface area contributed by atoms with E-state index in [-0.39, 0.29) is 17.2 Å². The van der Waals surface area contributed by atoms with Crippen LogP contribution in [0.1, 0.15) is 66.0 Å². The number of hydrogen-bond acceptors (Lipinski definition) is 4. The van der Waals surface area contributed by atoms with Crippen molar-refractivity contribution in [2.45, 2.75) is 66.9 Å². The number of carbonyl (C=O) groups is 2. The highest BCUT2D eigenvalue weighted by Crippen LogP contribution is 2.44. The van der Waals surface area contributed by atoms with Crippen LogP contribution in [0.5, 0.6) is 5.75 Å². The number of carbonyl (C=O) groups excluding carboxylic acids is 2. The molecule has 1 heterocycles. The van der Waals surface area contributed by atoms with E-state index in [1.165, 1.54) is 21.8 Å². The number of hydrogen-bond donors (Lipinski definition) is 2. The van der Waals surface area contributed by atoms with Crippen molar-refractivity contribution in [2.24, 2.45) is 11.3 Å². The highest BCUT2D eigenvalue weighted by molar-refractivity contribution is 7.17. The van der Waals surface area contributed by atoms with E-state index in [4.69, 9.17) is 16.3 Å². The normalized spacial score (nSPS) is 16.0. The van der Waals surface area contributed by atoms with Gasteiger partial charge in [-0.05, 0) is 104 Å². The fraction of sp³-hybridized carbons (Fsp3) is 0.400. The van der Waals surface area contributed by atoms with Gasteiger partial charge in [-0.3, -0.25) is 9.59 Å². The minimum Gasteiger partial charge on any atom is -0.481 e. The third kappa shape index (κ3) is 6.36. The Morgan fingerprint density at radius 2 is 1.76 bits per heavy atom. The van der Waals surface area contributed by atoms with E-state index in [0.29, 0.717) is 27.3 Å². The van der Waals surface area contributed by atoms with Crippen molar-refractivity contribution in [1.82, 2.24) is 0 Å². The molecule has 1 aliphatic rings. The summed E-state index contributed by atoms with van der Waals surface area (Å²) in [5, 5.41) is 7.25. The lowest BCUT2D eigenvalue weighted by molar-refractivity contribution is -0.122. The molecule has 1 aliphatic carbocycles. The Morgan fingerprint density at radius 3 is 2.41 bits per heavy atom. The van der Waals surface area contributed by atoms with Crippen molar-refractivity contribution in [3.63, 3.8) is 0 Å². The maximum absolute atomic E-state index is 13.6. The minimum absolute atomic E-state index is 0.174. The molecule has 0 spiro atoms. The Balaban J connectivity index is 1.61. The average Bonchev–Trinajstić information content (AvgIpc) is 3.19. The molecule has 1 aromatic heterocycles. The predicted octanol–water partition coefficient (Wildman–Crippen LogP) is 7.83. The van der Waals surface area contributed by atoms with Crippen LogP contribution in [0.2, 0.25) is 5.02 Å². The number of anilines is 2. The first-order valence-corrected chi connectivity index (χ1v) is 13.9. The summed E-state index contributed by atoms with van der Waals surface area (Å²) in [5.74, 6) is 0.570. The van der Waals surface area contributed by atoms with Gasteiger partial charge in [-0.1, -0.05) is 38.4 Å². The first-order valence-electron chi connectivity index (χ1n) is 12.7. The predicted molar refractivity (Wildman–Crippen MR) is 153 cm³/mol. The van der Waals surface area contributed by atoms with Crippen LogP contribution in [-0.2, 0) is 17.6 Å². The molecular formula is C30H35ClN2O3S. The molecule has 0 radical (unpaired) electrons. The summed E-state index contributed by atoms with van der Waals surface area (Å²) in [4.78, 5) is 27.9. The standard InChI is InChI=1S/C30H35ClN2O3S/c1-17-7-11-22(15-18(17)2)32-28(35)26-24-14-8-20(30(4,5)6)16-25(24)37-29(26)33-27(34)19(3)36-23-12-9-21(31)10-13-23/h7,9-13,15,19-20H,8,14,16H2,1-6H3,(H,32,35)(H,33,34). The van der Waals surface area contributed by atoms with E-state index in [2.05, 4.69) is 31.4 Å². The van der Waals surface area contributed by atoms with Crippen LogP contribution in [0.3, 0.4) is 0 Å². The van der Waals surface area contributed by atoms with E-state index in [1.807, 2.05) is 32.0 Å². The molecule has 5 nitrogen and oxygen atoms in total. The summed E-state index contributed by atoms with van der Waals surface area (Å²) in [6.45, 7) is 12.6. The zero-order valence-corrected chi connectivity index (χ0v) is 23.9. The molecule has 0 fully saturated rings. The Hall–Kier alpha value is -2.83. The van der Waals surface area contributed by atoms with Gasteiger partial charge in [-0.2, -0.15) is 0 Å². The van der Waals surface area contributed by atoms with Gasteiger partial charge in [-0.15, -0.1) is 11.3 Å². The topological polar surface area (TPSA) is 67.4 Å². The van der Waals surface area contributed by atoms with Gasteiger partial charge in [-0.25, -0.2) is 0 Å². The zero-order chi connectivity index (χ0) is 26.9. The maximum Gasteiger partial charge on any atom is 0.265 e. The van der Waals surface area contributed by atoms with Gasteiger partial charge in [0.05, 0.1) is 5.56 Å². The first kappa shape index (κ1) is 27.2. The molecule has 37 heavy (non-hydrogen) atoms. The fourth-order valence-corrected chi connectivity index (χ4v) is 6.10. The van der Waals surface area contributed by atoms with Gasteiger partial charge < -0.3 is 15.4 Å². The molecule has 0 aliphatic heterocycles. The van der Waals surface area contributed by atoms with Crippen molar-refractivity contribution in [2.75, 3.05) is 10.6 Å². The lowest BCUT2D eigenvalue weighted by atomic mass is 9.72. The SMILES string of the molecule is Cc1ccc(NC(=O)c2c(NC(=O)C(C)Oc3ccc(Cl)cc3)sc3c2CCC(C(C)(C)C)C3)cc1C. The number of benzene rings is 2. The number of ether oxygens (including phenoxy) is 1. The van der Waals surface area contributed by atoms with Gasteiger partial charge in [0.2, 0.25) is 0 Å². The zero-order valence-electron chi connectivity index (χ0n) is 22.3. The lowest BCUT2D eigenvalue weighted by Crippen LogP contribution is -2.30. The molecule has 2 amide bonds. The summed E-state index contributed by atoms with van der Waals surface area (Å²) in [6.07, 6.45) is 1.98. The fourth-order valence-electron chi connectivity index (χ4n) is 4.65. The number of rotatable bonds is 6. The van der Waals surface area contributed by atoms with Crippen molar-refractivity contribution in [1.29, 1.82) is 0 Å². The molecule has 4 rings (SSSR count). The van der Waals surface area contributed by atoms with Gasteiger partial charge >= 0.3 is 0 Å². The molecule has 2 atom stereocenters. The minimum atomic E-state index is -0.752. The smallest absolute Gasteiger partial charge is 0.265 e. The Labute approximate surface area is 228 Å². The van der Waals surface area contributed by atoms with Gasteiger partial charge in [0, 0.05) is 15.6 Å². The van der Waals surface area contributed by atoms with E-state index >= 15 is 0 Å². The third-order valence-corrected chi connectivity index (χ3v) is 8.64. The molecule has 0 bridgehead atoms. The van der Waals surface area contributed by atoms with Crippen LogP contribution in [0, 0.1) is 25.2 Å². The van der Waals surface area contributed by atoms with Crippen LogP contribution < -0.4 is 15.4 Å². The van der Waals surface area contributed by atoms with Crippen LogP contribution in [0.25, 0.3) is 0 Å². The van der Waals surface area contributed by atoms with Crippen molar-refractivity contribution < 1.29 is 14.3 Å². The van der Waals surface area contributed by atoms with Gasteiger partial charge in [0.25, 0.3) is 11.8 Å². The van der Waals surface area contributed by atoms with Crippen molar-refractivity contribution in [3.05, 3.63) is 74.6 Å². The number of amides is 2. The molecule has 0 saturated carbocycles. The number of fused-ring (bicyclic) bond motifs is 1. The molecule has 2 aromatic carbocycles. The van der Waals surface area contributed by atoms with Gasteiger partial charge in [0.15, 0.2) is 6.10 Å². The molecule has 0 saturated heterocycles. The Morgan fingerprint density at radius 1 is 1.05 bits per heavy atom. The first-order chi connectivity index (χ1) is 17.4. The second-order valence-electron chi connectivity index (χ2n) is 11.0. The number of aryl methyl sites for hydroxylation is 2. The number of nitrogens with one attached hydrogen (secondary N) is 2. The Kier molecular flexibility index (Phi) is 8.00. The molecule has 7 heteroatoms. The highest BCUT2D eigenvalue weighted by Gasteiger charge is 2.34. The largest absolute Gasteiger partial charge is 0.481 e. The summed E-state index contributed by atoms with van der Waals surface area (Å²) < 4.78 is 5.82. The summed E-state index contributed by atoms with van der Waals surface area (Å²) in [6, 6.07) is 12.8. The second-order valence-corrected chi connectivity index (χ2v) is 12.5. The molecule has 196 valence electrons. The van der Waals surface area contributed by atoms with Crippen LogP contribution in [0.4, 0.5) is 10.7 Å².